The summed E-state index contributed by atoms with van der Waals surface area (Å²) in [5.74, 6) is 2.02. The molecule has 0 radical (unpaired) electrons. The monoisotopic (exact) mass is 1040 g/mol. The summed E-state index contributed by atoms with van der Waals surface area (Å²) in [6.45, 7) is 19.2. The van der Waals surface area contributed by atoms with Gasteiger partial charge in [0.25, 0.3) is 0 Å². The fourth-order valence-electron chi connectivity index (χ4n) is 9.09. The van der Waals surface area contributed by atoms with E-state index in [9.17, 15) is 0 Å². The van der Waals surface area contributed by atoms with E-state index < -0.39 is 0 Å². The van der Waals surface area contributed by atoms with Crippen molar-refractivity contribution in [2.75, 3.05) is 6.61 Å². The molecule has 0 aliphatic carbocycles. The fourth-order valence-corrected chi connectivity index (χ4v) is 9.09. The maximum absolute atomic E-state index is 6.02. The number of hydrogen-bond donors (Lipinski definition) is 0. The van der Waals surface area contributed by atoms with Crippen LogP contribution < -0.4 is 9.47 Å². The first-order valence-electron chi connectivity index (χ1n) is 31.4. The zero-order chi connectivity index (χ0) is 55.5. The van der Waals surface area contributed by atoms with Gasteiger partial charge in [-0.05, 0) is 125 Å². The lowest BCUT2D eigenvalue weighted by atomic mass is 10.0. The van der Waals surface area contributed by atoms with E-state index in [4.69, 9.17) is 9.47 Å². The van der Waals surface area contributed by atoms with Crippen molar-refractivity contribution in [2.24, 2.45) is 0 Å². The van der Waals surface area contributed by atoms with E-state index in [1.165, 1.54) is 218 Å². The third kappa shape index (κ3) is 39.0. The van der Waals surface area contributed by atoms with Crippen LogP contribution in [0.25, 0.3) is 0 Å². The fraction of sp³-hybridized carbons (Fsp3) is 0.520. The minimum absolute atomic E-state index is 0.647. The van der Waals surface area contributed by atoms with Crippen molar-refractivity contribution in [3.63, 3.8) is 0 Å². The molecule has 0 amide bonds. The Hall–Kier alpha value is -5.08. The van der Waals surface area contributed by atoms with Crippen LogP contribution in [-0.4, -0.2) is 6.61 Å². The van der Waals surface area contributed by atoms with Crippen molar-refractivity contribution >= 4 is 0 Å². The molecule has 424 valence electrons. The highest BCUT2D eigenvalue weighted by molar-refractivity contribution is 5.34. The van der Waals surface area contributed by atoms with E-state index in [0.29, 0.717) is 6.61 Å². The van der Waals surface area contributed by atoms with Gasteiger partial charge >= 0.3 is 0 Å². The summed E-state index contributed by atoms with van der Waals surface area (Å²) in [5, 5.41) is 0. The van der Waals surface area contributed by atoms with Gasteiger partial charge < -0.3 is 9.47 Å². The van der Waals surface area contributed by atoms with Crippen LogP contribution in [0.15, 0.2) is 158 Å². The molecule has 0 aliphatic rings. The first-order chi connectivity index (χ1) is 37.8. The average Bonchev–Trinajstić information content (AvgIpc) is 3.46. The van der Waals surface area contributed by atoms with E-state index in [-0.39, 0.29) is 0 Å². The Bertz CT molecular complexity index is 2160. The molecule has 0 fully saturated rings. The number of para-hydroxylation sites is 2. The molecular formula is C75H112O2. The predicted octanol–water partition coefficient (Wildman–Crippen LogP) is 23.3. The molecule has 0 N–H and O–H groups in total. The van der Waals surface area contributed by atoms with Crippen LogP contribution in [0.3, 0.4) is 0 Å². The smallest absolute Gasteiger partial charge is 0.122 e. The van der Waals surface area contributed by atoms with Gasteiger partial charge in [-0.1, -0.05) is 319 Å². The van der Waals surface area contributed by atoms with Crippen LogP contribution in [-0.2, 0) is 32.3 Å². The van der Waals surface area contributed by atoms with Crippen LogP contribution >= 0.6 is 0 Å². The molecule has 6 aromatic rings. The van der Waals surface area contributed by atoms with Crippen LogP contribution in [0.5, 0.6) is 11.5 Å². The molecule has 0 atom stereocenters. The molecule has 0 saturated carbocycles. The Morgan fingerprint density at radius 3 is 1.16 bits per heavy atom. The second-order valence-corrected chi connectivity index (χ2v) is 21.6. The van der Waals surface area contributed by atoms with E-state index in [1.54, 1.807) is 0 Å². The Morgan fingerprint density at radius 2 is 0.662 bits per heavy atom. The number of hydrogen-bond acceptors (Lipinski definition) is 2. The quantitative estimate of drug-likeness (QED) is 0.0375. The van der Waals surface area contributed by atoms with E-state index in [0.717, 1.165) is 30.9 Å². The van der Waals surface area contributed by atoms with Crippen molar-refractivity contribution in [2.45, 2.75) is 248 Å². The zero-order valence-electron chi connectivity index (χ0n) is 50.7. The molecule has 0 aromatic heterocycles. The second-order valence-electron chi connectivity index (χ2n) is 21.6. The van der Waals surface area contributed by atoms with Crippen molar-refractivity contribution in [3.05, 3.63) is 202 Å². The lowest BCUT2D eigenvalue weighted by Crippen LogP contribution is -1.98. The molecule has 6 aromatic carbocycles. The summed E-state index contributed by atoms with van der Waals surface area (Å²) in [4.78, 5) is 0. The predicted molar refractivity (Wildman–Crippen MR) is 341 cm³/mol. The second kappa shape index (κ2) is 49.2. The first kappa shape index (κ1) is 68.0. The highest BCUT2D eigenvalue weighted by Crippen LogP contribution is 2.22. The Morgan fingerprint density at radius 1 is 0.273 bits per heavy atom. The molecule has 6 rings (SSSR count). The van der Waals surface area contributed by atoms with Gasteiger partial charge in [0, 0.05) is 0 Å². The van der Waals surface area contributed by atoms with Gasteiger partial charge in [-0.2, -0.15) is 0 Å². The SMILES string of the molecule is CCCCCCCCc1ccc(C)cc1.CCCCCCCCc1cccc(C)c1.CCCCCCCCc1ccccc1OCc1ccccc1.CCCCCCc1ccc(C)cc1.CCCCCOc1ccccc1. The molecule has 0 saturated heterocycles. The lowest BCUT2D eigenvalue weighted by molar-refractivity contribution is 0.302. The highest BCUT2D eigenvalue weighted by atomic mass is 16.5. The number of aryl methyl sites for hydroxylation is 7. The highest BCUT2D eigenvalue weighted by Gasteiger charge is 2.04. The summed E-state index contributed by atoms with van der Waals surface area (Å²) >= 11 is 0. The molecular weight excluding hydrogens is 933 g/mol. The topological polar surface area (TPSA) is 18.5 Å². The minimum atomic E-state index is 0.647. The van der Waals surface area contributed by atoms with Gasteiger partial charge in [0.05, 0.1) is 6.61 Å². The molecule has 77 heavy (non-hydrogen) atoms. The van der Waals surface area contributed by atoms with Crippen LogP contribution in [0, 0.1) is 20.8 Å². The van der Waals surface area contributed by atoms with E-state index >= 15 is 0 Å². The van der Waals surface area contributed by atoms with Crippen LogP contribution in [0.1, 0.15) is 240 Å². The van der Waals surface area contributed by atoms with Crippen molar-refractivity contribution in [1.82, 2.24) is 0 Å². The molecule has 0 unspecified atom stereocenters. The maximum atomic E-state index is 6.02. The van der Waals surface area contributed by atoms with Crippen LogP contribution in [0.4, 0.5) is 0 Å². The van der Waals surface area contributed by atoms with Crippen molar-refractivity contribution in [3.8, 4) is 11.5 Å². The molecule has 2 nitrogen and oxygen atoms in total. The minimum Gasteiger partial charge on any atom is -0.494 e. The standard InChI is InChI=1S/C21H28O.2C15H24.C13H20.C11H16O/c1-2-3-4-5-6-10-15-20-16-11-12-17-21(20)22-18-19-13-8-7-9-14-19;1-3-4-5-6-7-8-11-15-12-9-10-14(2)13-15;1-3-4-5-6-7-8-9-15-12-10-14(2)11-13-15;1-3-4-5-6-7-13-10-8-12(2)9-11-13;1-2-3-7-10-12-11-8-5-4-6-9-11/h7-9,11-14,16-17H,2-6,10,15,18H2,1H3;9-10,12-13H,3-8,11H2,1-2H3;10-13H,3-9H2,1-2H3;8-11H,3-7H2,1-2H3;4-6,8-9H,2-3,7,10H2,1H3. The number of ether oxygens (including phenoxy) is 2. The Kier molecular flexibility index (Phi) is 43.5. The average molecular weight is 1050 g/mol. The van der Waals surface area contributed by atoms with Gasteiger partial charge in [0.1, 0.15) is 18.1 Å². The molecule has 0 aliphatic heterocycles. The zero-order valence-corrected chi connectivity index (χ0v) is 50.7. The normalized spacial score (nSPS) is 10.4. The number of rotatable bonds is 34. The summed E-state index contributed by atoms with van der Waals surface area (Å²) in [6, 6.07) is 55.6. The van der Waals surface area contributed by atoms with Gasteiger partial charge in [0.15, 0.2) is 0 Å². The first-order valence-corrected chi connectivity index (χ1v) is 31.4. The largest absolute Gasteiger partial charge is 0.494 e. The third-order valence-corrected chi connectivity index (χ3v) is 14.0. The lowest BCUT2D eigenvalue weighted by Gasteiger charge is -2.11. The third-order valence-electron chi connectivity index (χ3n) is 14.0. The maximum Gasteiger partial charge on any atom is 0.122 e. The molecule has 0 spiro atoms. The van der Waals surface area contributed by atoms with Crippen LogP contribution in [0.2, 0.25) is 0 Å². The van der Waals surface area contributed by atoms with Gasteiger partial charge in [-0.15, -0.1) is 0 Å². The number of unbranched alkanes of at least 4 members (excludes halogenated alkanes) is 20. The Balaban J connectivity index is 0.000000335. The summed E-state index contributed by atoms with van der Waals surface area (Å²) < 4.78 is 11.5. The van der Waals surface area contributed by atoms with Crippen molar-refractivity contribution < 1.29 is 9.47 Å². The molecule has 0 bridgehead atoms. The Labute approximate surface area is 475 Å². The molecule has 0 heterocycles. The van der Waals surface area contributed by atoms with Gasteiger partial charge in [-0.25, -0.2) is 0 Å². The summed E-state index contributed by atoms with van der Waals surface area (Å²) in [7, 11) is 0. The van der Waals surface area contributed by atoms with Gasteiger partial charge in [-0.3, -0.25) is 0 Å². The summed E-state index contributed by atoms with van der Waals surface area (Å²) in [5.41, 5.74) is 11.2. The van der Waals surface area contributed by atoms with E-state index in [1.807, 2.05) is 36.4 Å². The summed E-state index contributed by atoms with van der Waals surface area (Å²) in [6.07, 6.45) is 38.7. The van der Waals surface area contributed by atoms with E-state index in [2.05, 4.69) is 177 Å². The van der Waals surface area contributed by atoms with Gasteiger partial charge in [0.2, 0.25) is 0 Å². The number of benzene rings is 6. The molecule has 2 heteroatoms. The van der Waals surface area contributed by atoms with Crippen molar-refractivity contribution in [1.29, 1.82) is 0 Å².